The van der Waals surface area contributed by atoms with Crippen LogP contribution in [0.2, 0.25) is 0 Å². The van der Waals surface area contributed by atoms with Gasteiger partial charge in [-0.25, -0.2) is 0 Å². The van der Waals surface area contributed by atoms with Crippen LogP contribution in [0.4, 0.5) is 0 Å². The van der Waals surface area contributed by atoms with Crippen LogP contribution in [0.3, 0.4) is 0 Å². The molecular formula is C12H21NOS. The third kappa shape index (κ3) is 3.93. The lowest BCUT2D eigenvalue weighted by Crippen LogP contribution is -2.29. The van der Waals surface area contributed by atoms with Gasteiger partial charge >= 0.3 is 0 Å². The SMILES string of the molecule is CCCC(C)OC(c1ccsc1)C(C)N. The van der Waals surface area contributed by atoms with Gasteiger partial charge in [0.25, 0.3) is 0 Å². The standard InChI is InChI=1S/C12H21NOS/c1-4-5-9(2)14-12(10(3)13)11-6-7-15-8-11/h6-10,12H,4-5,13H2,1-3H3. The minimum atomic E-state index is 0.0396. The van der Waals surface area contributed by atoms with Gasteiger partial charge in [0.15, 0.2) is 0 Å². The predicted molar refractivity (Wildman–Crippen MR) is 66.2 cm³/mol. The molecule has 0 fully saturated rings. The summed E-state index contributed by atoms with van der Waals surface area (Å²) >= 11 is 1.69. The Bertz CT molecular complexity index is 259. The van der Waals surface area contributed by atoms with Gasteiger partial charge in [0.1, 0.15) is 0 Å². The van der Waals surface area contributed by atoms with E-state index >= 15 is 0 Å². The molecule has 2 nitrogen and oxygen atoms in total. The van der Waals surface area contributed by atoms with Crippen molar-refractivity contribution in [2.24, 2.45) is 5.73 Å². The molecule has 0 spiro atoms. The molecule has 0 aromatic carbocycles. The monoisotopic (exact) mass is 227 g/mol. The second-order valence-corrected chi connectivity index (χ2v) is 4.85. The number of nitrogens with two attached hydrogens (primary N) is 1. The molecule has 2 N–H and O–H groups in total. The zero-order valence-corrected chi connectivity index (χ0v) is 10.6. The highest BCUT2D eigenvalue weighted by Gasteiger charge is 2.19. The lowest BCUT2D eigenvalue weighted by atomic mass is 10.1. The summed E-state index contributed by atoms with van der Waals surface area (Å²) in [5, 5.41) is 4.19. The van der Waals surface area contributed by atoms with Crippen molar-refractivity contribution in [3.8, 4) is 0 Å². The van der Waals surface area contributed by atoms with Gasteiger partial charge < -0.3 is 10.5 Å². The molecule has 0 bridgehead atoms. The van der Waals surface area contributed by atoms with Crippen molar-refractivity contribution in [3.63, 3.8) is 0 Å². The van der Waals surface area contributed by atoms with E-state index in [1.54, 1.807) is 11.3 Å². The van der Waals surface area contributed by atoms with Gasteiger partial charge in [-0.2, -0.15) is 11.3 Å². The Morgan fingerprint density at radius 1 is 1.47 bits per heavy atom. The highest BCUT2D eigenvalue weighted by atomic mass is 32.1. The smallest absolute Gasteiger partial charge is 0.0984 e. The second kappa shape index (κ2) is 6.26. The molecule has 0 aliphatic carbocycles. The van der Waals surface area contributed by atoms with Gasteiger partial charge in [0.2, 0.25) is 0 Å². The van der Waals surface area contributed by atoms with Crippen LogP contribution >= 0.6 is 11.3 Å². The normalized spacial score (nSPS) is 17.3. The second-order valence-electron chi connectivity index (χ2n) is 4.07. The predicted octanol–water partition coefficient (Wildman–Crippen LogP) is 3.34. The number of ether oxygens (including phenoxy) is 1. The summed E-state index contributed by atoms with van der Waals surface area (Å²) in [5.41, 5.74) is 7.16. The quantitative estimate of drug-likeness (QED) is 0.809. The van der Waals surface area contributed by atoms with E-state index in [2.05, 4.69) is 30.7 Å². The van der Waals surface area contributed by atoms with E-state index in [9.17, 15) is 0 Å². The molecule has 0 saturated heterocycles. The van der Waals surface area contributed by atoms with Crippen molar-refractivity contribution in [2.45, 2.75) is 51.9 Å². The molecule has 0 aliphatic rings. The van der Waals surface area contributed by atoms with Crippen LogP contribution in [-0.4, -0.2) is 12.1 Å². The maximum absolute atomic E-state index is 5.98. The Balaban J connectivity index is 2.59. The average molecular weight is 227 g/mol. The summed E-state index contributed by atoms with van der Waals surface area (Å²) < 4.78 is 5.98. The number of hydrogen-bond acceptors (Lipinski definition) is 3. The summed E-state index contributed by atoms with van der Waals surface area (Å²) in [7, 11) is 0. The Morgan fingerprint density at radius 2 is 2.20 bits per heavy atom. The molecule has 0 aliphatic heterocycles. The molecule has 1 heterocycles. The molecule has 1 rings (SSSR count). The van der Waals surface area contributed by atoms with E-state index in [1.807, 2.05) is 6.92 Å². The molecule has 0 saturated carbocycles. The Hall–Kier alpha value is -0.380. The first kappa shape index (κ1) is 12.7. The maximum Gasteiger partial charge on any atom is 0.0984 e. The summed E-state index contributed by atoms with van der Waals surface area (Å²) in [4.78, 5) is 0. The van der Waals surface area contributed by atoms with E-state index in [0.29, 0.717) is 0 Å². The lowest BCUT2D eigenvalue weighted by molar-refractivity contribution is -0.0184. The Morgan fingerprint density at radius 3 is 2.67 bits per heavy atom. The fraction of sp³-hybridized carbons (Fsp3) is 0.667. The zero-order valence-electron chi connectivity index (χ0n) is 9.77. The van der Waals surface area contributed by atoms with Crippen LogP contribution < -0.4 is 5.73 Å². The van der Waals surface area contributed by atoms with Gasteiger partial charge in [0, 0.05) is 6.04 Å². The summed E-state index contributed by atoms with van der Waals surface area (Å²) in [5.74, 6) is 0. The zero-order chi connectivity index (χ0) is 11.3. The van der Waals surface area contributed by atoms with Crippen LogP contribution in [0, 0.1) is 0 Å². The van der Waals surface area contributed by atoms with Gasteiger partial charge in [-0.15, -0.1) is 0 Å². The van der Waals surface area contributed by atoms with Crippen LogP contribution in [0.1, 0.15) is 45.3 Å². The van der Waals surface area contributed by atoms with Crippen molar-refractivity contribution in [3.05, 3.63) is 22.4 Å². The lowest BCUT2D eigenvalue weighted by Gasteiger charge is -2.24. The number of hydrogen-bond donors (Lipinski definition) is 1. The minimum absolute atomic E-state index is 0.0396. The molecule has 86 valence electrons. The number of rotatable bonds is 6. The molecule has 3 atom stereocenters. The summed E-state index contributed by atoms with van der Waals surface area (Å²) in [6.07, 6.45) is 2.56. The highest BCUT2D eigenvalue weighted by molar-refractivity contribution is 7.07. The summed E-state index contributed by atoms with van der Waals surface area (Å²) in [6, 6.07) is 2.14. The maximum atomic E-state index is 5.98. The van der Waals surface area contributed by atoms with Crippen LogP contribution in [0.5, 0.6) is 0 Å². The van der Waals surface area contributed by atoms with Gasteiger partial charge in [-0.3, -0.25) is 0 Å². The largest absolute Gasteiger partial charge is 0.369 e. The molecule has 1 aromatic rings. The van der Waals surface area contributed by atoms with Crippen molar-refractivity contribution in [1.29, 1.82) is 0 Å². The molecule has 0 amide bonds. The highest BCUT2D eigenvalue weighted by Crippen LogP contribution is 2.25. The Labute approximate surface area is 96.4 Å². The number of thiophene rings is 1. The average Bonchev–Trinajstić information content (AvgIpc) is 2.66. The van der Waals surface area contributed by atoms with Crippen molar-refractivity contribution in [1.82, 2.24) is 0 Å². The van der Waals surface area contributed by atoms with Gasteiger partial charge in [-0.05, 0) is 42.7 Å². The van der Waals surface area contributed by atoms with Crippen LogP contribution in [0.15, 0.2) is 16.8 Å². The third-order valence-electron chi connectivity index (χ3n) is 2.42. The molecular weight excluding hydrogens is 206 g/mol. The van der Waals surface area contributed by atoms with Crippen molar-refractivity contribution >= 4 is 11.3 Å². The first-order chi connectivity index (χ1) is 7.15. The topological polar surface area (TPSA) is 35.2 Å². The molecule has 3 unspecified atom stereocenters. The molecule has 1 aromatic heterocycles. The first-order valence-corrected chi connectivity index (χ1v) is 6.52. The van der Waals surface area contributed by atoms with Crippen LogP contribution in [-0.2, 0) is 4.74 Å². The fourth-order valence-electron chi connectivity index (χ4n) is 1.67. The molecule has 0 radical (unpaired) electrons. The van der Waals surface area contributed by atoms with E-state index in [0.717, 1.165) is 12.8 Å². The van der Waals surface area contributed by atoms with Gasteiger partial charge in [0.05, 0.1) is 12.2 Å². The van der Waals surface area contributed by atoms with Crippen LogP contribution in [0.25, 0.3) is 0 Å². The van der Waals surface area contributed by atoms with E-state index in [1.165, 1.54) is 5.56 Å². The van der Waals surface area contributed by atoms with E-state index < -0.39 is 0 Å². The van der Waals surface area contributed by atoms with Gasteiger partial charge in [-0.1, -0.05) is 13.3 Å². The minimum Gasteiger partial charge on any atom is -0.369 e. The molecule has 15 heavy (non-hydrogen) atoms. The fourth-order valence-corrected chi connectivity index (χ4v) is 2.35. The van der Waals surface area contributed by atoms with Crippen molar-refractivity contribution in [2.75, 3.05) is 0 Å². The van der Waals surface area contributed by atoms with E-state index in [4.69, 9.17) is 10.5 Å². The molecule has 3 heteroatoms. The summed E-state index contributed by atoms with van der Waals surface area (Å²) in [6.45, 7) is 6.29. The van der Waals surface area contributed by atoms with E-state index in [-0.39, 0.29) is 18.2 Å². The third-order valence-corrected chi connectivity index (χ3v) is 3.12. The first-order valence-electron chi connectivity index (χ1n) is 5.58. The Kier molecular flexibility index (Phi) is 5.29. The van der Waals surface area contributed by atoms with Crippen molar-refractivity contribution < 1.29 is 4.74 Å².